The second-order valence-electron chi connectivity index (χ2n) is 5.27. The number of aromatic nitrogens is 1. The molecule has 0 aliphatic heterocycles. The summed E-state index contributed by atoms with van der Waals surface area (Å²) in [5, 5.41) is 13.2. The van der Waals surface area contributed by atoms with Crippen LogP contribution in [0.25, 0.3) is 0 Å². The van der Waals surface area contributed by atoms with Gasteiger partial charge in [-0.15, -0.1) is 0 Å². The normalized spacial score (nSPS) is 21.2. The molecule has 92 valence electrons. The highest BCUT2D eigenvalue weighted by Crippen LogP contribution is 2.61. The van der Waals surface area contributed by atoms with Crippen molar-refractivity contribution in [3.63, 3.8) is 0 Å². The van der Waals surface area contributed by atoms with Gasteiger partial charge in [0, 0.05) is 6.54 Å². The molecule has 0 aromatic carbocycles. The van der Waals surface area contributed by atoms with Crippen molar-refractivity contribution in [2.45, 2.75) is 32.6 Å². The van der Waals surface area contributed by atoms with Crippen LogP contribution in [-0.4, -0.2) is 22.0 Å². The van der Waals surface area contributed by atoms with Crippen molar-refractivity contribution >= 4 is 22.5 Å². The number of aryl methyl sites for hydroxylation is 1. The smallest absolute Gasteiger partial charge is 0.340 e. The Kier molecular flexibility index (Phi) is 2.40. The summed E-state index contributed by atoms with van der Waals surface area (Å²) < 4.78 is 4.12. The summed E-state index contributed by atoms with van der Waals surface area (Å²) in [6, 6.07) is 0. The van der Waals surface area contributed by atoms with Gasteiger partial charge in [-0.1, -0.05) is 0 Å². The van der Waals surface area contributed by atoms with Crippen LogP contribution in [0.1, 0.15) is 41.7 Å². The predicted octanol–water partition coefficient (Wildman–Crippen LogP) is 2.75. The molecule has 0 atom stereocenters. The van der Waals surface area contributed by atoms with Crippen LogP contribution in [0, 0.1) is 18.3 Å². The van der Waals surface area contributed by atoms with Crippen molar-refractivity contribution < 1.29 is 9.90 Å². The third-order valence-corrected chi connectivity index (χ3v) is 4.91. The first-order chi connectivity index (χ1) is 8.12. The molecule has 1 aromatic heterocycles. The molecule has 17 heavy (non-hydrogen) atoms. The SMILES string of the molecule is Cc1nsc(NCC2(C3CC3)CC2)c1C(=O)O. The quantitative estimate of drug-likeness (QED) is 0.846. The number of anilines is 1. The van der Waals surface area contributed by atoms with E-state index in [-0.39, 0.29) is 0 Å². The van der Waals surface area contributed by atoms with Crippen LogP contribution in [-0.2, 0) is 0 Å². The highest BCUT2D eigenvalue weighted by atomic mass is 32.1. The minimum atomic E-state index is -0.880. The standard InChI is InChI=1S/C12H16N2O2S/c1-7-9(11(15)16)10(17-14-7)13-6-12(4-5-12)8-2-3-8/h8,13H,2-6H2,1H3,(H,15,16). The van der Waals surface area contributed by atoms with Gasteiger partial charge in [-0.05, 0) is 55.5 Å². The Morgan fingerprint density at radius 2 is 2.29 bits per heavy atom. The molecule has 0 unspecified atom stereocenters. The van der Waals surface area contributed by atoms with Gasteiger partial charge in [-0.2, -0.15) is 4.37 Å². The van der Waals surface area contributed by atoms with Crippen LogP contribution < -0.4 is 5.32 Å². The molecule has 0 spiro atoms. The first-order valence-corrected chi connectivity index (χ1v) is 6.83. The molecule has 5 heteroatoms. The third-order valence-electron chi connectivity index (χ3n) is 4.01. The van der Waals surface area contributed by atoms with Gasteiger partial charge in [0.2, 0.25) is 0 Å². The van der Waals surface area contributed by atoms with E-state index in [0.717, 1.165) is 17.5 Å². The molecule has 2 saturated carbocycles. The number of rotatable bonds is 5. The first-order valence-electron chi connectivity index (χ1n) is 6.06. The maximum Gasteiger partial charge on any atom is 0.340 e. The van der Waals surface area contributed by atoms with Gasteiger partial charge >= 0.3 is 5.97 Å². The summed E-state index contributed by atoms with van der Waals surface area (Å²) in [5.74, 6) is 0.00677. The van der Waals surface area contributed by atoms with Gasteiger partial charge < -0.3 is 10.4 Å². The van der Waals surface area contributed by atoms with Gasteiger partial charge in [0.05, 0.1) is 5.69 Å². The minimum absolute atomic E-state index is 0.349. The van der Waals surface area contributed by atoms with Crippen LogP contribution in [0.3, 0.4) is 0 Å². The van der Waals surface area contributed by atoms with Crippen LogP contribution in [0.4, 0.5) is 5.00 Å². The highest BCUT2D eigenvalue weighted by Gasteiger charge is 2.53. The van der Waals surface area contributed by atoms with E-state index < -0.39 is 5.97 Å². The van der Waals surface area contributed by atoms with Crippen molar-refractivity contribution in [2.24, 2.45) is 11.3 Å². The summed E-state index contributed by atoms with van der Waals surface area (Å²) in [4.78, 5) is 11.1. The lowest BCUT2D eigenvalue weighted by Crippen LogP contribution is -2.18. The molecule has 3 rings (SSSR count). The average Bonchev–Trinajstić information content (AvgIpc) is 3.13. The average molecular weight is 252 g/mol. The summed E-state index contributed by atoms with van der Waals surface area (Å²) in [6.45, 7) is 2.67. The molecule has 2 aliphatic rings. The Morgan fingerprint density at radius 3 is 2.82 bits per heavy atom. The fraction of sp³-hybridized carbons (Fsp3) is 0.667. The zero-order valence-electron chi connectivity index (χ0n) is 9.82. The van der Waals surface area contributed by atoms with E-state index in [4.69, 9.17) is 5.11 Å². The molecule has 0 radical (unpaired) electrons. The second kappa shape index (κ2) is 3.70. The summed E-state index contributed by atoms with van der Waals surface area (Å²) in [6.07, 6.45) is 5.31. The Labute approximate surface area is 104 Å². The van der Waals surface area contributed by atoms with Crippen LogP contribution in [0.5, 0.6) is 0 Å². The molecular weight excluding hydrogens is 236 g/mol. The van der Waals surface area contributed by atoms with Gasteiger partial charge in [0.25, 0.3) is 0 Å². The maximum atomic E-state index is 11.1. The molecule has 2 aliphatic carbocycles. The molecule has 0 bridgehead atoms. The molecule has 1 heterocycles. The molecule has 0 amide bonds. The van der Waals surface area contributed by atoms with Crippen molar-refractivity contribution in [2.75, 3.05) is 11.9 Å². The fourth-order valence-electron chi connectivity index (χ4n) is 2.58. The number of hydrogen-bond donors (Lipinski definition) is 2. The van der Waals surface area contributed by atoms with Crippen molar-refractivity contribution in [3.05, 3.63) is 11.3 Å². The van der Waals surface area contributed by atoms with Crippen molar-refractivity contribution in [1.82, 2.24) is 4.37 Å². The number of hydrogen-bond acceptors (Lipinski definition) is 4. The lowest BCUT2D eigenvalue weighted by molar-refractivity contribution is 0.0697. The van der Waals surface area contributed by atoms with Crippen molar-refractivity contribution in [1.29, 1.82) is 0 Å². The lowest BCUT2D eigenvalue weighted by atomic mass is 10.0. The number of nitrogens with zero attached hydrogens (tertiary/aromatic N) is 1. The molecule has 0 saturated heterocycles. The number of aromatic carboxylic acids is 1. The molecule has 1 aromatic rings. The van der Waals surface area contributed by atoms with E-state index in [0.29, 0.717) is 16.7 Å². The van der Waals surface area contributed by atoms with E-state index >= 15 is 0 Å². The first kappa shape index (κ1) is 11.0. The zero-order valence-corrected chi connectivity index (χ0v) is 10.6. The van der Waals surface area contributed by atoms with E-state index in [1.165, 1.54) is 37.2 Å². The number of carboxylic acid groups (broad SMARTS) is 1. The molecule has 2 N–H and O–H groups in total. The van der Waals surface area contributed by atoms with E-state index in [2.05, 4.69) is 9.69 Å². The Bertz CT molecular complexity index is 461. The van der Waals surface area contributed by atoms with E-state index in [9.17, 15) is 4.79 Å². The van der Waals surface area contributed by atoms with Gasteiger partial charge in [-0.3, -0.25) is 0 Å². The number of carbonyl (C=O) groups is 1. The Hall–Kier alpha value is -1.10. The maximum absolute atomic E-state index is 11.1. The summed E-state index contributed by atoms with van der Waals surface area (Å²) in [5.41, 5.74) is 1.44. The Balaban J connectivity index is 1.71. The fourth-order valence-corrected chi connectivity index (χ4v) is 3.37. The Morgan fingerprint density at radius 1 is 1.59 bits per heavy atom. The summed E-state index contributed by atoms with van der Waals surface area (Å²) in [7, 11) is 0. The van der Waals surface area contributed by atoms with Gasteiger partial charge in [0.1, 0.15) is 10.6 Å². The monoisotopic (exact) mass is 252 g/mol. The summed E-state index contributed by atoms with van der Waals surface area (Å²) >= 11 is 1.26. The molecular formula is C12H16N2O2S. The van der Waals surface area contributed by atoms with E-state index in [1.54, 1.807) is 6.92 Å². The molecule has 4 nitrogen and oxygen atoms in total. The van der Waals surface area contributed by atoms with Crippen molar-refractivity contribution in [3.8, 4) is 0 Å². The van der Waals surface area contributed by atoms with Crippen LogP contribution in [0.2, 0.25) is 0 Å². The number of carboxylic acids is 1. The third kappa shape index (κ3) is 1.92. The topological polar surface area (TPSA) is 62.2 Å². The predicted molar refractivity (Wildman–Crippen MR) is 66.7 cm³/mol. The van der Waals surface area contributed by atoms with Gasteiger partial charge in [-0.25, -0.2) is 4.79 Å². The van der Waals surface area contributed by atoms with Crippen LogP contribution >= 0.6 is 11.5 Å². The second-order valence-corrected chi connectivity index (χ2v) is 6.04. The number of nitrogens with one attached hydrogen (secondary N) is 1. The molecule has 2 fully saturated rings. The van der Waals surface area contributed by atoms with E-state index in [1.807, 2.05) is 0 Å². The zero-order chi connectivity index (χ0) is 12.0. The lowest BCUT2D eigenvalue weighted by Gasteiger charge is -2.15. The van der Waals surface area contributed by atoms with Crippen LogP contribution in [0.15, 0.2) is 0 Å². The minimum Gasteiger partial charge on any atom is -0.478 e. The highest BCUT2D eigenvalue weighted by molar-refractivity contribution is 7.10. The van der Waals surface area contributed by atoms with Gasteiger partial charge in [0.15, 0.2) is 0 Å². The largest absolute Gasteiger partial charge is 0.478 e.